The van der Waals surface area contributed by atoms with Gasteiger partial charge in [0.05, 0.1) is 6.17 Å². The molecular weight excluding hydrogens is 311 g/mol. The molecule has 2 nitrogen and oxygen atoms in total. The zero-order valence-electron chi connectivity index (χ0n) is 11.1. The highest BCUT2D eigenvalue weighted by Gasteiger charge is 2.11. The van der Waals surface area contributed by atoms with Crippen LogP contribution in [0.25, 0.3) is 0 Å². The molecule has 0 fully saturated rings. The summed E-state index contributed by atoms with van der Waals surface area (Å²) >= 11 is 2.59. The predicted octanol–water partition coefficient (Wildman–Crippen LogP) is 3.68. The second kappa shape index (κ2) is 10.8. The van der Waals surface area contributed by atoms with Gasteiger partial charge in [-0.15, -0.1) is 0 Å². The zero-order valence-corrected chi connectivity index (χ0v) is 13.3. The largest absolute Gasteiger partial charge is 0.316 e. The molecule has 0 spiro atoms. The van der Waals surface area contributed by atoms with Crippen molar-refractivity contribution in [3.8, 4) is 0 Å². The van der Waals surface area contributed by atoms with Gasteiger partial charge in [-0.1, -0.05) is 62.6 Å². The molecule has 0 aromatic rings. The average Bonchev–Trinajstić information content (AvgIpc) is 2.27. The summed E-state index contributed by atoms with van der Waals surface area (Å²) in [6.45, 7) is 7.68. The van der Waals surface area contributed by atoms with Crippen LogP contribution in [0.5, 0.6) is 0 Å². The van der Waals surface area contributed by atoms with E-state index in [1.165, 1.54) is 32.1 Å². The summed E-state index contributed by atoms with van der Waals surface area (Å²) in [5.41, 5.74) is 5.93. The number of halogens is 1. The Morgan fingerprint density at radius 3 is 2.31 bits per heavy atom. The molecule has 0 heterocycles. The van der Waals surface area contributed by atoms with Gasteiger partial charge >= 0.3 is 0 Å². The summed E-state index contributed by atoms with van der Waals surface area (Å²) in [7, 11) is 0. The van der Waals surface area contributed by atoms with E-state index in [9.17, 15) is 0 Å². The van der Waals surface area contributed by atoms with Gasteiger partial charge in [-0.3, -0.25) is 0 Å². The van der Waals surface area contributed by atoms with Crippen molar-refractivity contribution >= 4 is 22.6 Å². The quantitative estimate of drug-likeness (QED) is 0.362. The molecule has 0 saturated heterocycles. The van der Waals surface area contributed by atoms with Crippen LogP contribution in [0.2, 0.25) is 0 Å². The number of nitrogens with two attached hydrogens (primary N) is 1. The third kappa shape index (κ3) is 8.76. The highest BCUT2D eigenvalue weighted by Crippen LogP contribution is 2.23. The van der Waals surface area contributed by atoms with Crippen molar-refractivity contribution in [2.75, 3.05) is 6.54 Å². The Morgan fingerprint density at radius 1 is 1.12 bits per heavy atom. The molecule has 3 atom stereocenters. The molecule has 0 radical (unpaired) electrons. The molecule has 0 rings (SSSR count). The van der Waals surface area contributed by atoms with Crippen molar-refractivity contribution in [1.29, 1.82) is 0 Å². The van der Waals surface area contributed by atoms with Gasteiger partial charge in [0.25, 0.3) is 0 Å². The minimum atomic E-state index is 0.198. The van der Waals surface area contributed by atoms with E-state index >= 15 is 0 Å². The second-order valence-electron chi connectivity index (χ2n) is 4.61. The van der Waals surface area contributed by atoms with Crippen molar-refractivity contribution < 1.29 is 0 Å². The third-order valence-electron chi connectivity index (χ3n) is 3.20. The standard InChI is InChI=1S/C13H29IN2/c1-4-11(10-12(14)5-2)8-7-9-13(15)16-6-3/h11-13,16H,4-10,15H2,1-3H3/t11-,12?,13?/m1/s1. The Balaban J connectivity index is 3.62. The molecule has 0 aliphatic heterocycles. The Morgan fingerprint density at radius 2 is 1.81 bits per heavy atom. The van der Waals surface area contributed by atoms with Gasteiger partial charge in [0.15, 0.2) is 0 Å². The van der Waals surface area contributed by atoms with Gasteiger partial charge < -0.3 is 11.1 Å². The summed E-state index contributed by atoms with van der Waals surface area (Å²) in [4.78, 5) is 0. The molecule has 0 aromatic heterocycles. The topological polar surface area (TPSA) is 38.0 Å². The van der Waals surface area contributed by atoms with Crippen molar-refractivity contribution in [2.45, 2.75) is 69.4 Å². The summed E-state index contributed by atoms with van der Waals surface area (Å²) < 4.78 is 0.852. The molecule has 0 bridgehead atoms. The first-order valence-electron chi connectivity index (χ1n) is 6.76. The lowest BCUT2D eigenvalue weighted by atomic mass is 9.93. The number of hydrogen-bond donors (Lipinski definition) is 2. The number of nitrogens with one attached hydrogen (secondary N) is 1. The molecular formula is C13H29IN2. The first-order chi connectivity index (χ1) is 7.63. The van der Waals surface area contributed by atoms with E-state index in [1.54, 1.807) is 0 Å². The van der Waals surface area contributed by atoms with Crippen molar-refractivity contribution in [1.82, 2.24) is 5.32 Å². The molecule has 16 heavy (non-hydrogen) atoms. The average molecular weight is 340 g/mol. The van der Waals surface area contributed by atoms with E-state index in [0.717, 1.165) is 22.8 Å². The third-order valence-corrected chi connectivity index (χ3v) is 4.59. The van der Waals surface area contributed by atoms with Crippen LogP contribution >= 0.6 is 22.6 Å². The van der Waals surface area contributed by atoms with Gasteiger partial charge in [0.1, 0.15) is 0 Å². The van der Waals surface area contributed by atoms with E-state index < -0.39 is 0 Å². The van der Waals surface area contributed by atoms with Crippen LogP contribution in [0, 0.1) is 5.92 Å². The molecule has 2 unspecified atom stereocenters. The number of hydrogen-bond acceptors (Lipinski definition) is 2. The molecule has 0 aliphatic rings. The molecule has 0 aromatic carbocycles. The van der Waals surface area contributed by atoms with Crippen molar-refractivity contribution in [2.24, 2.45) is 11.7 Å². The fourth-order valence-electron chi connectivity index (χ4n) is 2.01. The van der Waals surface area contributed by atoms with Gasteiger partial charge in [-0.25, -0.2) is 0 Å². The molecule has 3 N–H and O–H groups in total. The molecule has 0 aliphatic carbocycles. The van der Waals surface area contributed by atoms with E-state index in [-0.39, 0.29) is 6.17 Å². The fourth-order valence-corrected chi connectivity index (χ4v) is 2.73. The van der Waals surface area contributed by atoms with Crippen LogP contribution in [0.3, 0.4) is 0 Å². The zero-order chi connectivity index (χ0) is 12.4. The summed E-state index contributed by atoms with van der Waals surface area (Å²) in [5, 5.41) is 3.27. The van der Waals surface area contributed by atoms with E-state index in [0.29, 0.717) is 0 Å². The lowest BCUT2D eigenvalue weighted by Crippen LogP contribution is -2.37. The fraction of sp³-hybridized carbons (Fsp3) is 1.00. The van der Waals surface area contributed by atoms with Gasteiger partial charge in [-0.05, 0) is 31.7 Å². The second-order valence-corrected chi connectivity index (χ2v) is 6.37. The van der Waals surface area contributed by atoms with Gasteiger partial charge in [-0.2, -0.15) is 0 Å². The first-order valence-corrected chi connectivity index (χ1v) is 8.01. The van der Waals surface area contributed by atoms with Crippen molar-refractivity contribution in [3.63, 3.8) is 0 Å². The van der Waals surface area contributed by atoms with E-state index in [2.05, 4.69) is 48.7 Å². The van der Waals surface area contributed by atoms with Crippen LogP contribution in [-0.2, 0) is 0 Å². The van der Waals surface area contributed by atoms with Crippen LogP contribution in [0.4, 0.5) is 0 Å². The number of alkyl halides is 1. The summed E-state index contributed by atoms with van der Waals surface area (Å²) in [6, 6.07) is 0. The number of rotatable bonds is 10. The molecule has 0 saturated carbocycles. The highest BCUT2D eigenvalue weighted by molar-refractivity contribution is 14.1. The van der Waals surface area contributed by atoms with E-state index in [1.807, 2.05) is 0 Å². The van der Waals surface area contributed by atoms with Crippen LogP contribution in [0.1, 0.15) is 59.3 Å². The summed E-state index contributed by atoms with van der Waals surface area (Å²) in [6.07, 6.45) is 7.91. The monoisotopic (exact) mass is 340 g/mol. The molecule has 3 heteroatoms. The highest BCUT2D eigenvalue weighted by atomic mass is 127. The van der Waals surface area contributed by atoms with Gasteiger partial charge in [0, 0.05) is 3.92 Å². The maximum Gasteiger partial charge on any atom is 0.0546 e. The lowest BCUT2D eigenvalue weighted by Gasteiger charge is -2.19. The maximum absolute atomic E-state index is 5.93. The molecule has 0 amide bonds. The Bertz CT molecular complexity index is 153. The maximum atomic E-state index is 5.93. The van der Waals surface area contributed by atoms with Crippen LogP contribution in [0.15, 0.2) is 0 Å². The smallest absolute Gasteiger partial charge is 0.0546 e. The minimum absolute atomic E-state index is 0.198. The van der Waals surface area contributed by atoms with Crippen LogP contribution in [-0.4, -0.2) is 16.6 Å². The lowest BCUT2D eigenvalue weighted by molar-refractivity contribution is 0.391. The van der Waals surface area contributed by atoms with Crippen LogP contribution < -0.4 is 11.1 Å². The van der Waals surface area contributed by atoms with Gasteiger partial charge in [0.2, 0.25) is 0 Å². The minimum Gasteiger partial charge on any atom is -0.316 e. The molecule has 98 valence electrons. The first kappa shape index (κ1) is 16.6. The predicted molar refractivity (Wildman–Crippen MR) is 82.0 cm³/mol. The normalized spacial score (nSPS) is 17.1. The van der Waals surface area contributed by atoms with E-state index in [4.69, 9.17) is 5.73 Å². The summed E-state index contributed by atoms with van der Waals surface area (Å²) in [5.74, 6) is 0.899. The Kier molecular flexibility index (Phi) is 11.2. The van der Waals surface area contributed by atoms with Crippen molar-refractivity contribution in [3.05, 3.63) is 0 Å². The Hall–Kier alpha value is 0.650. The Labute approximate surface area is 115 Å². The SMILES string of the molecule is CCNC(N)CCC[C@@H](CC)CC(I)CC.